The molecule has 0 amide bonds. The van der Waals surface area contributed by atoms with Crippen LogP contribution in [0.25, 0.3) is 0 Å². The number of benzene rings is 2. The van der Waals surface area contributed by atoms with Gasteiger partial charge in [-0.25, -0.2) is 4.21 Å². The van der Waals surface area contributed by atoms with Gasteiger partial charge in [-0.05, 0) is 34.7 Å². The molecule has 3 rings (SSSR count). The monoisotopic (exact) mass is 256 g/mol. The van der Waals surface area contributed by atoms with Gasteiger partial charge in [0.25, 0.3) is 0 Å². The van der Waals surface area contributed by atoms with Crippen molar-refractivity contribution < 1.29 is 4.21 Å². The van der Waals surface area contributed by atoms with Crippen molar-refractivity contribution in [3.8, 4) is 0 Å². The molecule has 2 aromatic carbocycles. The molecule has 1 atom stereocenters. The van der Waals surface area contributed by atoms with Gasteiger partial charge in [0.15, 0.2) is 0 Å². The van der Waals surface area contributed by atoms with Crippen LogP contribution in [0.4, 0.5) is 0 Å². The minimum atomic E-state index is -1.02. The predicted octanol–water partition coefficient (Wildman–Crippen LogP) is 3.88. The average molecular weight is 256 g/mol. The molecule has 0 spiro atoms. The molecule has 0 saturated carbocycles. The van der Waals surface area contributed by atoms with Crippen LogP contribution in [0.5, 0.6) is 0 Å². The molecule has 1 aliphatic rings. The van der Waals surface area contributed by atoms with Gasteiger partial charge in [0.05, 0.1) is 10.8 Å². The third kappa shape index (κ3) is 1.72. The molecule has 0 bridgehead atoms. The molecule has 0 fully saturated rings. The molecule has 0 radical (unpaired) electrons. The third-order valence-corrected chi connectivity index (χ3v) is 5.11. The molecule has 1 nitrogen and oxygen atoms in total. The maximum atomic E-state index is 12.6. The van der Waals surface area contributed by atoms with Crippen LogP contribution in [0.3, 0.4) is 0 Å². The normalized spacial score (nSPS) is 17.4. The predicted molar refractivity (Wildman–Crippen MR) is 74.5 cm³/mol. The van der Waals surface area contributed by atoms with Crippen molar-refractivity contribution in [1.29, 1.82) is 0 Å². The number of hydrogen-bond donors (Lipinski definition) is 0. The second-order valence-electron chi connectivity index (χ2n) is 5.03. The Morgan fingerprint density at radius 1 is 1.00 bits per heavy atom. The van der Waals surface area contributed by atoms with E-state index in [1.54, 1.807) is 0 Å². The molecular formula is C16H16OS. The highest BCUT2D eigenvalue weighted by Crippen LogP contribution is 2.35. The van der Waals surface area contributed by atoms with Crippen molar-refractivity contribution >= 4 is 10.8 Å². The standard InChI is InChI=1S/C16H16OS/c1-11(2)13-7-5-9-16-14(13)10-12-6-3-4-8-15(12)18(16)17/h3-9,11H,10H2,1-2H3. The summed E-state index contributed by atoms with van der Waals surface area (Å²) in [4.78, 5) is 1.98. The minimum Gasteiger partial charge on any atom is -0.249 e. The second-order valence-corrected chi connectivity index (χ2v) is 6.45. The Bertz CT molecular complexity index is 629. The van der Waals surface area contributed by atoms with Crippen LogP contribution in [-0.4, -0.2) is 4.21 Å². The lowest BCUT2D eigenvalue weighted by Crippen LogP contribution is -2.12. The second kappa shape index (κ2) is 4.36. The summed E-state index contributed by atoms with van der Waals surface area (Å²) in [5, 5.41) is 0. The van der Waals surface area contributed by atoms with E-state index in [0.29, 0.717) is 5.92 Å². The zero-order chi connectivity index (χ0) is 12.7. The van der Waals surface area contributed by atoms with Crippen molar-refractivity contribution in [3.63, 3.8) is 0 Å². The highest BCUT2D eigenvalue weighted by Gasteiger charge is 2.24. The van der Waals surface area contributed by atoms with Crippen molar-refractivity contribution in [1.82, 2.24) is 0 Å². The molecule has 18 heavy (non-hydrogen) atoms. The lowest BCUT2D eigenvalue weighted by atomic mass is 9.92. The molecule has 0 N–H and O–H groups in total. The van der Waals surface area contributed by atoms with Gasteiger partial charge in [-0.1, -0.05) is 44.2 Å². The van der Waals surface area contributed by atoms with Gasteiger partial charge in [0.1, 0.15) is 0 Å². The summed E-state index contributed by atoms with van der Waals surface area (Å²) < 4.78 is 12.6. The van der Waals surface area contributed by atoms with Crippen LogP contribution in [0.2, 0.25) is 0 Å². The fraction of sp³-hybridized carbons (Fsp3) is 0.250. The first-order valence-electron chi connectivity index (χ1n) is 6.30. The molecule has 1 aliphatic heterocycles. The quantitative estimate of drug-likeness (QED) is 0.645. The highest BCUT2D eigenvalue weighted by molar-refractivity contribution is 7.85. The van der Waals surface area contributed by atoms with E-state index >= 15 is 0 Å². The Morgan fingerprint density at radius 3 is 2.50 bits per heavy atom. The molecule has 0 saturated heterocycles. The summed E-state index contributed by atoms with van der Waals surface area (Å²) in [5.41, 5.74) is 3.80. The van der Waals surface area contributed by atoms with Gasteiger partial charge < -0.3 is 0 Å². The zero-order valence-electron chi connectivity index (χ0n) is 10.6. The van der Waals surface area contributed by atoms with Gasteiger partial charge in [0, 0.05) is 16.2 Å². The van der Waals surface area contributed by atoms with Crippen LogP contribution in [0.15, 0.2) is 52.3 Å². The number of hydrogen-bond acceptors (Lipinski definition) is 1. The van der Waals surface area contributed by atoms with Gasteiger partial charge in [-0.2, -0.15) is 0 Å². The maximum absolute atomic E-state index is 12.6. The summed E-state index contributed by atoms with van der Waals surface area (Å²) in [6.45, 7) is 4.39. The SMILES string of the molecule is CC(C)c1cccc2c1Cc1ccccc1S2=O. The van der Waals surface area contributed by atoms with Gasteiger partial charge in [-0.15, -0.1) is 0 Å². The summed E-state index contributed by atoms with van der Waals surface area (Å²) in [6.07, 6.45) is 0.908. The molecule has 0 aromatic heterocycles. The van der Waals surface area contributed by atoms with Gasteiger partial charge in [-0.3, -0.25) is 0 Å². The Morgan fingerprint density at radius 2 is 1.72 bits per heavy atom. The Labute approximate surface area is 110 Å². The van der Waals surface area contributed by atoms with E-state index < -0.39 is 10.8 Å². The van der Waals surface area contributed by atoms with Gasteiger partial charge in [0.2, 0.25) is 0 Å². The Kier molecular flexibility index (Phi) is 2.83. The van der Waals surface area contributed by atoms with E-state index in [9.17, 15) is 4.21 Å². The van der Waals surface area contributed by atoms with E-state index in [4.69, 9.17) is 0 Å². The molecule has 2 heteroatoms. The van der Waals surface area contributed by atoms with E-state index in [0.717, 1.165) is 16.2 Å². The van der Waals surface area contributed by atoms with E-state index in [1.807, 2.05) is 30.3 Å². The Hall–Kier alpha value is -1.41. The van der Waals surface area contributed by atoms with Crippen LogP contribution >= 0.6 is 0 Å². The lowest BCUT2D eigenvalue weighted by molar-refractivity contribution is 0.678. The highest BCUT2D eigenvalue weighted by atomic mass is 32.2. The fourth-order valence-corrected chi connectivity index (χ4v) is 4.06. The Balaban J connectivity index is 2.22. The van der Waals surface area contributed by atoms with Crippen molar-refractivity contribution in [2.24, 2.45) is 0 Å². The fourth-order valence-electron chi connectivity index (χ4n) is 2.63. The molecule has 1 unspecified atom stereocenters. The topological polar surface area (TPSA) is 17.1 Å². The van der Waals surface area contributed by atoms with E-state index in [1.165, 1.54) is 16.7 Å². The summed E-state index contributed by atoms with van der Waals surface area (Å²) >= 11 is 0. The first-order chi connectivity index (χ1) is 8.68. The molecular weight excluding hydrogens is 240 g/mol. The third-order valence-electron chi connectivity index (χ3n) is 3.53. The van der Waals surface area contributed by atoms with Crippen molar-refractivity contribution in [2.75, 3.05) is 0 Å². The maximum Gasteiger partial charge on any atom is 0.0855 e. The summed E-state index contributed by atoms with van der Waals surface area (Å²) in [5.74, 6) is 0.474. The number of rotatable bonds is 1. The summed E-state index contributed by atoms with van der Waals surface area (Å²) in [6, 6.07) is 14.3. The van der Waals surface area contributed by atoms with E-state index in [-0.39, 0.29) is 0 Å². The molecule has 0 aliphatic carbocycles. The van der Waals surface area contributed by atoms with Crippen LogP contribution in [0, 0.1) is 0 Å². The summed E-state index contributed by atoms with van der Waals surface area (Å²) in [7, 11) is -1.02. The van der Waals surface area contributed by atoms with E-state index in [2.05, 4.69) is 26.0 Å². The molecule has 1 heterocycles. The number of fused-ring (bicyclic) bond motifs is 2. The average Bonchev–Trinajstić information content (AvgIpc) is 2.38. The minimum absolute atomic E-state index is 0.474. The smallest absolute Gasteiger partial charge is 0.0855 e. The zero-order valence-corrected chi connectivity index (χ0v) is 11.5. The van der Waals surface area contributed by atoms with Crippen LogP contribution < -0.4 is 0 Å². The lowest BCUT2D eigenvalue weighted by Gasteiger charge is -2.23. The van der Waals surface area contributed by atoms with Crippen molar-refractivity contribution in [3.05, 3.63) is 59.2 Å². The van der Waals surface area contributed by atoms with Gasteiger partial charge >= 0.3 is 0 Å². The molecule has 2 aromatic rings. The van der Waals surface area contributed by atoms with Crippen LogP contribution in [0.1, 0.15) is 36.5 Å². The van der Waals surface area contributed by atoms with Crippen molar-refractivity contribution in [2.45, 2.75) is 36.0 Å². The van der Waals surface area contributed by atoms with Crippen LogP contribution in [-0.2, 0) is 17.2 Å². The first-order valence-corrected chi connectivity index (χ1v) is 7.45. The first kappa shape index (κ1) is 11.7. The molecule has 92 valence electrons. The largest absolute Gasteiger partial charge is 0.249 e.